The number of fused-ring (bicyclic) bond motifs is 1. The quantitative estimate of drug-likeness (QED) is 0.138. The van der Waals surface area contributed by atoms with Crippen LogP contribution in [0.5, 0.6) is 0 Å². The molecule has 19 heteroatoms. The van der Waals surface area contributed by atoms with Crippen LogP contribution in [0.2, 0.25) is 0 Å². The van der Waals surface area contributed by atoms with E-state index in [2.05, 4.69) is 15.0 Å². The summed E-state index contributed by atoms with van der Waals surface area (Å²) in [5.74, 6) is -2.70. The lowest BCUT2D eigenvalue weighted by Crippen LogP contribution is -2.45. The SMILES string of the molecule is Nc1ncnc2c1ncn2[C@@H]1O[C@H](CN(CC[C@H](N)C(=O)O)S(=O)(=O)c2cc([N+](=O)[O-])ccc2F)[C@@H](O)[C@H]1O. The van der Waals surface area contributed by atoms with Crippen LogP contribution in [0.3, 0.4) is 0 Å². The molecular formula is C20H23FN8O9S. The number of anilines is 1. The van der Waals surface area contributed by atoms with Gasteiger partial charge >= 0.3 is 5.97 Å². The lowest BCUT2D eigenvalue weighted by molar-refractivity contribution is -0.385. The third-order valence-corrected chi connectivity index (χ3v) is 8.01. The number of ether oxygens (including phenoxy) is 1. The maximum Gasteiger partial charge on any atom is 0.320 e. The second-order valence-corrected chi connectivity index (χ2v) is 10.5. The summed E-state index contributed by atoms with van der Waals surface area (Å²) in [4.78, 5) is 32.3. The summed E-state index contributed by atoms with van der Waals surface area (Å²) in [7, 11) is -4.87. The highest BCUT2D eigenvalue weighted by molar-refractivity contribution is 7.89. The Morgan fingerprint density at radius 3 is 2.67 bits per heavy atom. The van der Waals surface area contributed by atoms with Gasteiger partial charge in [0.2, 0.25) is 10.0 Å². The van der Waals surface area contributed by atoms with E-state index in [1.807, 2.05) is 0 Å². The Labute approximate surface area is 218 Å². The van der Waals surface area contributed by atoms with Gasteiger partial charge in [0.1, 0.15) is 46.9 Å². The van der Waals surface area contributed by atoms with Gasteiger partial charge in [-0.3, -0.25) is 19.5 Å². The van der Waals surface area contributed by atoms with Crippen LogP contribution >= 0.6 is 0 Å². The molecule has 0 saturated carbocycles. The second kappa shape index (κ2) is 10.7. The highest BCUT2D eigenvalue weighted by Gasteiger charge is 2.46. The highest BCUT2D eigenvalue weighted by Crippen LogP contribution is 2.34. The number of aromatic nitrogens is 4. The van der Waals surface area contributed by atoms with E-state index in [0.29, 0.717) is 16.4 Å². The molecule has 39 heavy (non-hydrogen) atoms. The molecule has 3 heterocycles. The minimum absolute atomic E-state index is 0.0364. The molecule has 1 aromatic carbocycles. The first-order chi connectivity index (χ1) is 18.3. The minimum Gasteiger partial charge on any atom is -0.480 e. The molecule has 1 aliphatic rings. The Kier molecular flexibility index (Phi) is 7.73. The van der Waals surface area contributed by atoms with Crippen molar-refractivity contribution in [1.82, 2.24) is 23.8 Å². The lowest BCUT2D eigenvalue weighted by atomic mass is 10.1. The number of carbonyl (C=O) groups is 1. The molecule has 4 rings (SSSR count). The van der Waals surface area contributed by atoms with Gasteiger partial charge in [-0.2, -0.15) is 4.31 Å². The highest BCUT2D eigenvalue weighted by atomic mass is 32.2. The largest absolute Gasteiger partial charge is 0.480 e. The van der Waals surface area contributed by atoms with Crippen molar-refractivity contribution in [3.8, 4) is 0 Å². The molecule has 0 bridgehead atoms. The van der Waals surface area contributed by atoms with Gasteiger partial charge in [0.05, 0.1) is 11.3 Å². The fourth-order valence-corrected chi connectivity index (χ4v) is 5.58. The predicted octanol–water partition coefficient (Wildman–Crippen LogP) is -1.43. The number of hydrogen-bond donors (Lipinski definition) is 5. The molecule has 3 aromatic rings. The monoisotopic (exact) mass is 570 g/mol. The van der Waals surface area contributed by atoms with Crippen LogP contribution in [0, 0.1) is 15.9 Å². The molecule has 2 aromatic heterocycles. The molecule has 0 radical (unpaired) electrons. The molecule has 0 unspecified atom stereocenters. The van der Waals surface area contributed by atoms with E-state index in [1.54, 1.807) is 0 Å². The van der Waals surface area contributed by atoms with E-state index in [9.17, 15) is 37.9 Å². The van der Waals surface area contributed by atoms with Crippen LogP contribution < -0.4 is 11.5 Å². The molecule has 1 saturated heterocycles. The molecule has 17 nitrogen and oxygen atoms in total. The fraction of sp³-hybridized carbons (Fsp3) is 0.400. The fourth-order valence-electron chi connectivity index (χ4n) is 4.03. The summed E-state index contributed by atoms with van der Waals surface area (Å²) in [6.45, 7) is -1.31. The van der Waals surface area contributed by atoms with Gasteiger partial charge in [-0.15, -0.1) is 0 Å². The number of aliphatic carboxylic acids is 1. The van der Waals surface area contributed by atoms with E-state index in [-0.39, 0.29) is 17.0 Å². The number of carboxylic acids is 1. The number of imidazole rings is 1. The Morgan fingerprint density at radius 2 is 2.00 bits per heavy atom. The van der Waals surface area contributed by atoms with Gasteiger partial charge in [0, 0.05) is 25.2 Å². The number of sulfonamides is 1. The van der Waals surface area contributed by atoms with E-state index in [1.165, 1.54) is 10.9 Å². The number of aliphatic hydroxyl groups is 2. The molecule has 1 fully saturated rings. The number of rotatable bonds is 10. The number of nitrogens with zero attached hydrogens (tertiary/aromatic N) is 6. The van der Waals surface area contributed by atoms with Gasteiger partial charge in [-0.1, -0.05) is 0 Å². The molecule has 1 aliphatic heterocycles. The second-order valence-electron chi connectivity index (χ2n) is 8.60. The van der Waals surface area contributed by atoms with Gasteiger partial charge in [-0.25, -0.2) is 27.8 Å². The zero-order valence-electron chi connectivity index (χ0n) is 19.8. The van der Waals surface area contributed by atoms with Crippen molar-refractivity contribution in [2.75, 3.05) is 18.8 Å². The standard InChI is InChI=1S/C20H23FN8O9S/c21-10-2-1-9(29(34)35)5-13(10)39(36,37)27(4-3-11(22)20(32)33)6-12-15(30)16(31)19(38-12)28-8-26-14-17(23)24-7-25-18(14)28/h1-2,5,7-8,11-12,15-16,19,30-31H,3-4,6,22H2,(H,32,33)(H2,23,24,25)/t11-,12+,15+,16+,19+/m0/s1. The van der Waals surface area contributed by atoms with Crippen molar-refractivity contribution in [3.05, 3.63) is 46.8 Å². The number of carboxylic acid groups (broad SMARTS) is 1. The third-order valence-electron chi connectivity index (χ3n) is 6.13. The average Bonchev–Trinajstić information content (AvgIpc) is 3.43. The zero-order chi connectivity index (χ0) is 28.6. The molecule has 7 N–H and O–H groups in total. The molecule has 0 spiro atoms. The van der Waals surface area contributed by atoms with Gasteiger partial charge < -0.3 is 31.5 Å². The van der Waals surface area contributed by atoms with E-state index in [4.69, 9.17) is 21.3 Å². The number of halogens is 1. The van der Waals surface area contributed by atoms with Crippen LogP contribution in [0.4, 0.5) is 15.9 Å². The number of nitrogen functional groups attached to an aromatic ring is 1. The van der Waals surface area contributed by atoms with E-state index < -0.39 is 87.4 Å². The first-order valence-electron chi connectivity index (χ1n) is 11.2. The summed E-state index contributed by atoms with van der Waals surface area (Å²) in [6.07, 6.45) is -4.14. The lowest BCUT2D eigenvalue weighted by Gasteiger charge is -2.27. The molecular weight excluding hydrogens is 547 g/mol. The van der Waals surface area contributed by atoms with Gasteiger partial charge in [0.15, 0.2) is 17.7 Å². The number of nitrogens with two attached hydrogens (primary N) is 2. The molecule has 5 atom stereocenters. The summed E-state index contributed by atoms with van der Waals surface area (Å²) >= 11 is 0. The van der Waals surface area contributed by atoms with Crippen molar-refractivity contribution in [1.29, 1.82) is 0 Å². The number of benzene rings is 1. The number of aliphatic hydroxyl groups excluding tert-OH is 2. The third kappa shape index (κ3) is 5.35. The first kappa shape index (κ1) is 28.1. The Hall–Kier alpha value is -3.88. The number of nitro benzene ring substituents is 1. The van der Waals surface area contributed by atoms with Crippen LogP contribution in [0.25, 0.3) is 11.2 Å². The normalized spacial score (nSPS) is 22.4. The smallest absolute Gasteiger partial charge is 0.320 e. The minimum atomic E-state index is -4.87. The number of hydrogen-bond acceptors (Lipinski definition) is 13. The van der Waals surface area contributed by atoms with Crippen molar-refractivity contribution in [2.45, 2.75) is 41.9 Å². The van der Waals surface area contributed by atoms with Crippen LogP contribution in [0.15, 0.2) is 35.7 Å². The van der Waals surface area contributed by atoms with Gasteiger partial charge in [0.25, 0.3) is 5.69 Å². The average molecular weight is 571 g/mol. The summed E-state index contributed by atoms with van der Waals surface area (Å²) < 4.78 is 49.1. The van der Waals surface area contributed by atoms with E-state index >= 15 is 0 Å². The number of nitro groups is 1. The molecule has 0 amide bonds. The maximum atomic E-state index is 14.6. The Balaban J connectivity index is 1.67. The Morgan fingerprint density at radius 1 is 1.28 bits per heavy atom. The predicted molar refractivity (Wildman–Crippen MR) is 128 cm³/mol. The maximum absolute atomic E-state index is 14.6. The van der Waals surface area contributed by atoms with E-state index in [0.717, 1.165) is 12.4 Å². The van der Waals surface area contributed by atoms with Crippen molar-refractivity contribution in [2.24, 2.45) is 5.73 Å². The van der Waals surface area contributed by atoms with Crippen LogP contribution in [0.1, 0.15) is 12.6 Å². The van der Waals surface area contributed by atoms with Crippen molar-refractivity contribution in [3.63, 3.8) is 0 Å². The summed E-state index contributed by atoms with van der Waals surface area (Å²) in [5, 5.41) is 41.7. The zero-order valence-corrected chi connectivity index (χ0v) is 20.6. The van der Waals surface area contributed by atoms with Gasteiger partial charge in [-0.05, 0) is 12.5 Å². The van der Waals surface area contributed by atoms with Crippen molar-refractivity contribution < 1.29 is 42.6 Å². The summed E-state index contributed by atoms with van der Waals surface area (Å²) in [5.41, 5.74) is 10.9. The topological polar surface area (TPSA) is 263 Å². The van der Waals surface area contributed by atoms with Crippen molar-refractivity contribution >= 4 is 38.7 Å². The number of non-ortho nitro benzene ring substituents is 1. The summed E-state index contributed by atoms with van der Waals surface area (Å²) in [6, 6.07) is 0.383. The first-order valence-corrected chi connectivity index (χ1v) is 12.6. The Bertz CT molecular complexity index is 1520. The molecule has 210 valence electrons. The van der Waals surface area contributed by atoms with Crippen LogP contribution in [-0.4, -0.2) is 95.9 Å². The molecule has 0 aliphatic carbocycles. The van der Waals surface area contributed by atoms with Crippen LogP contribution in [-0.2, 0) is 19.6 Å².